The Kier molecular flexibility index (Phi) is 3.62. The summed E-state index contributed by atoms with van der Waals surface area (Å²) < 4.78 is 0. The van der Waals surface area contributed by atoms with Crippen molar-refractivity contribution >= 4 is 12.6 Å². The first-order valence-corrected chi connectivity index (χ1v) is 7.15. The van der Waals surface area contributed by atoms with Gasteiger partial charge < -0.3 is 0 Å². The molecule has 3 aromatic rings. The van der Waals surface area contributed by atoms with Gasteiger partial charge in [0.15, 0.2) is 0 Å². The number of hydrogen-bond donors (Lipinski definition) is 1. The van der Waals surface area contributed by atoms with Gasteiger partial charge in [-0.1, -0.05) is 66.7 Å². The SMILES string of the molecule is Cc1ccccc1-c1ccc(-c2ccccc2S)cc1. The lowest BCUT2D eigenvalue weighted by molar-refractivity contribution is 1.44. The van der Waals surface area contributed by atoms with Crippen LogP contribution in [0, 0.1) is 6.92 Å². The first-order valence-electron chi connectivity index (χ1n) is 6.70. The molecule has 0 radical (unpaired) electrons. The molecule has 3 aromatic carbocycles. The van der Waals surface area contributed by atoms with E-state index in [1.807, 2.05) is 18.2 Å². The molecule has 0 aliphatic carbocycles. The highest BCUT2D eigenvalue weighted by molar-refractivity contribution is 7.80. The Balaban J connectivity index is 2.01. The van der Waals surface area contributed by atoms with E-state index in [-0.39, 0.29) is 0 Å². The summed E-state index contributed by atoms with van der Waals surface area (Å²) in [6, 6.07) is 25.3. The highest BCUT2D eigenvalue weighted by Gasteiger charge is 2.04. The van der Waals surface area contributed by atoms with Gasteiger partial charge >= 0.3 is 0 Å². The zero-order valence-electron chi connectivity index (χ0n) is 11.4. The number of hydrogen-bond acceptors (Lipinski definition) is 1. The minimum atomic E-state index is 1.01. The quantitative estimate of drug-likeness (QED) is 0.577. The predicted octanol–water partition coefficient (Wildman–Crippen LogP) is 5.62. The van der Waals surface area contributed by atoms with Gasteiger partial charge in [-0.25, -0.2) is 0 Å². The summed E-state index contributed by atoms with van der Waals surface area (Å²) in [4.78, 5) is 1.01. The number of rotatable bonds is 2. The van der Waals surface area contributed by atoms with Gasteiger partial charge in [0, 0.05) is 4.90 Å². The number of thiol groups is 1. The highest BCUT2D eigenvalue weighted by Crippen LogP contribution is 2.29. The van der Waals surface area contributed by atoms with Gasteiger partial charge in [-0.2, -0.15) is 0 Å². The monoisotopic (exact) mass is 276 g/mol. The Morgan fingerprint density at radius 3 is 1.70 bits per heavy atom. The Labute approximate surface area is 125 Å². The van der Waals surface area contributed by atoms with Crippen molar-refractivity contribution in [2.45, 2.75) is 11.8 Å². The van der Waals surface area contributed by atoms with Gasteiger partial charge in [0.25, 0.3) is 0 Å². The third-order valence-corrected chi connectivity index (χ3v) is 3.95. The maximum atomic E-state index is 4.52. The molecular formula is C19H16S. The largest absolute Gasteiger partial charge is 0.143 e. The average Bonchev–Trinajstić information content (AvgIpc) is 2.49. The zero-order valence-corrected chi connectivity index (χ0v) is 12.3. The summed E-state index contributed by atoms with van der Waals surface area (Å²) in [5, 5.41) is 0. The molecule has 0 bridgehead atoms. The van der Waals surface area contributed by atoms with Crippen LogP contribution < -0.4 is 0 Å². The molecule has 0 aliphatic heterocycles. The van der Waals surface area contributed by atoms with Crippen LogP contribution in [-0.2, 0) is 0 Å². The summed E-state index contributed by atoms with van der Waals surface area (Å²) in [6.07, 6.45) is 0. The third kappa shape index (κ3) is 2.50. The lowest BCUT2D eigenvalue weighted by Gasteiger charge is -2.08. The summed E-state index contributed by atoms with van der Waals surface area (Å²) in [7, 11) is 0. The van der Waals surface area contributed by atoms with E-state index in [1.54, 1.807) is 0 Å². The second-order valence-electron chi connectivity index (χ2n) is 4.91. The van der Waals surface area contributed by atoms with Gasteiger partial charge in [0.2, 0.25) is 0 Å². The summed E-state index contributed by atoms with van der Waals surface area (Å²) in [6.45, 7) is 2.15. The van der Waals surface area contributed by atoms with Gasteiger partial charge in [0.05, 0.1) is 0 Å². The van der Waals surface area contributed by atoms with Crippen molar-refractivity contribution in [3.05, 3.63) is 78.4 Å². The van der Waals surface area contributed by atoms with Crippen LogP contribution in [0.4, 0.5) is 0 Å². The van der Waals surface area contributed by atoms with E-state index in [4.69, 9.17) is 0 Å². The maximum absolute atomic E-state index is 4.52. The second kappa shape index (κ2) is 5.56. The van der Waals surface area contributed by atoms with Gasteiger partial charge in [-0.3, -0.25) is 0 Å². The lowest BCUT2D eigenvalue weighted by atomic mass is 9.98. The van der Waals surface area contributed by atoms with Crippen molar-refractivity contribution in [3.63, 3.8) is 0 Å². The van der Waals surface area contributed by atoms with Crippen LogP contribution in [0.3, 0.4) is 0 Å². The van der Waals surface area contributed by atoms with E-state index in [1.165, 1.54) is 27.8 Å². The fraction of sp³-hybridized carbons (Fsp3) is 0.0526. The minimum absolute atomic E-state index is 1.01. The van der Waals surface area contributed by atoms with Crippen LogP contribution in [0.5, 0.6) is 0 Å². The summed E-state index contributed by atoms with van der Waals surface area (Å²) in [5.41, 5.74) is 6.22. The molecule has 0 aromatic heterocycles. The molecular weight excluding hydrogens is 260 g/mol. The van der Waals surface area contributed by atoms with Crippen molar-refractivity contribution in [2.24, 2.45) is 0 Å². The fourth-order valence-corrected chi connectivity index (χ4v) is 2.73. The Bertz CT molecular complexity index is 662. The van der Waals surface area contributed by atoms with Crippen molar-refractivity contribution in [1.82, 2.24) is 0 Å². The molecule has 3 rings (SSSR count). The first kappa shape index (κ1) is 13.0. The summed E-state index contributed by atoms with van der Waals surface area (Å²) in [5.74, 6) is 0. The standard InChI is InChI=1S/C19H16S/c1-14-6-2-3-7-17(14)15-10-12-16(13-11-15)18-8-4-5-9-19(18)20/h2-13,20H,1H3. The van der Waals surface area contributed by atoms with Crippen LogP contribution >= 0.6 is 12.6 Å². The summed E-state index contributed by atoms with van der Waals surface area (Å²) >= 11 is 4.52. The normalized spacial score (nSPS) is 10.5. The van der Waals surface area contributed by atoms with Crippen molar-refractivity contribution in [1.29, 1.82) is 0 Å². The molecule has 0 unspecified atom stereocenters. The molecule has 0 amide bonds. The molecule has 0 nitrogen and oxygen atoms in total. The van der Waals surface area contributed by atoms with E-state index in [2.05, 4.69) is 74.1 Å². The minimum Gasteiger partial charge on any atom is -0.143 e. The van der Waals surface area contributed by atoms with Crippen molar-refractivity contribution < 1.29 is 0 Å². The van der Waals surface area contributed by atoms with Gasteiger partial charge in [-0.15, -0.1) is 12.6 Å². The lowest BCUT2D eigenvalue weighted by Crippen LogP contribution is -1.84. The third-order valence-electron chi connectivity index (χ3n) is 3.56. The van der Waals surface area contributed by atoms with E-state index >= 15 is 0 Å². The fourth-order valence-electron chi connectivity index (χ4n) is 2.44. The molecule has 0 N–H and O–H groups in total. The smallest absolute Gasteiger partial charge is 0.0119 e. The molecule has 0 spiro atoms. The second-order valence-corrected chi connectivity index (χ2v) is 5.39. The maximum Gasteiger partial charge on any atom is 0.0119 e. The molecule has 0 fully saturated rings. The number of benzene rings is 3. The first-order chi connectivity index (χ1) is 9.75. The van der Waals surface area contributed by atoms with E-state index < -0.39 is 0 Å². The van der Waals surface area contributed by atoms with Crippen LogP contribution in [-0.4, -0.2) is 0 Å². The Hall–Kier alpha value is -1.99. The van der Waals surface area contributed by atoms with E-state index in [0.29, 0.717) is 0 Å². The zero-order chi connectivity index (χ0) is 13.9. The molecule has 98 valence electrons. The predicted molar refractivity (Wildman–Crippen MR) is 89.3 cm³/mol. The molecule has 0 aliphatic rings. The van der Waals surface area contributed by atoms with Crippen LogP contribution in [0.2, 0.25) is 0 Å². The molecule has 0 heterocycles. The average molecular weight is 276 g/mol. The van der Waals surface area contributed by atoms with Gasteiger partial charge in [-0.05, 0) is 40.8 Å². The molecule has 0 saturated heterocycles. The van der Waals surface area contributed by atoms with E-state index in [9.17, 15) is 0 Å². The highest BCUT2D eigenvalue weighted by atomic mass is 32.1. The van der Waals surface area contributed by atoms with Crippen molar-refractivity contribution in [2.75, 3.05) is 0 Å². The molecule has 0 atom stereocenters. The van der Waals surface area contributed by atoms with Crippen LogP contribution in [0.1, 0.15) is 5.56 Å². The number of aryl methyl sites for hydroxylation is 1. The molecule has 1 heteroatoms. The van der Waals surface area contributed by atoms with Crippen LogP contribution in [0.25, 0.3) is 22.3 Å². The topological polar surface area (TPSA) is 0 Å². The van der Waals surface area contributed by atoms with Gasteiger partial charge in [0.1, 0.15) is 0 Å². The van der Waals surface area contributed by atoms with Crippen molar-refractivity contribution in [3.8, 4) is 22.3 Å². The Morgan fingerprint density at radius 1 is 0.600 bits per heavy atom. The Morgan fingerprint density at radius 2 is 1.10 bits per heavy atom. The molecule has 0 saturated carbocycles. The molecule has 20 heavy (non-hydrogen) atoms. The van der Waals surface area contributed by atoms with Crippen LogP contribution in [0.15, 0.2) is 77.7 Å². The van der Waals surface area contributed by atoms with E-state index in [0.717, 1.165) is 4.90 Å².